The number of aliphatic hydroxyl groups is 1. The lowest BCUT2D eigenvalue weighted by molar-refractivity contribution is -0.0163. The molecule has 0 spiro atoms. The van der Waals surface area contributed by atoms with Crippen molar-refractivity contribution in [2.75, 3.05) is 33.0 Å². The number of aliphatic hydroxyl groups excluding tert-OH is 1. The second-order valence-corrected chi connectivity index (χ2v) is 6.42. The summed E-state index contributed by atoms with van der Waals surface area (Å²) in [6, 6.07) is 5.80. The molecule has 1 aromatic carbocycles. The van der Waals surface area contributed by atoms with E-state index in [0.717, 1.165) is 43.9 Å². The van der Waals surface area contributed by atoms with Crippen LogP contribution in [-0.2, 0) is 4.74 Å². The van der Waals surface area contributed by atoms with Gasteiger partial charge in [-0.25, -0.2) is 0 Å². The topological polar surface area (TPSA) is 50.7 Å². The molecule has 0 radical (unpaired) electrons. The first-order valence-corrected chi connectivity index (χ1v) is 8.32. The molecule has 0 amide bonds. The van der Waals surface area contributed by atoms with Gasteiger partial charge in [-0.05, 0) is 44.9 Å². The predicted octanol–water partition coefficient (Wildman–Crippen LogP) is 3.18. The van der Waals surface area contributed by atoms with E-state index in [0.29, 0.717) is 11.6 Å². The van der Waals surface area contributed by atoms with Crippen LogP contribution in [0, 0.1) is 5.41 Å². The van der Waals surface area contributed by atoms with Crippen molar-refractivity contribution in [3.05, 3.63) is 28.8 Å². The molecule has 2 rings (SSSR count). The highest BCUT2D eigenvalue weighted by atomic mass is 35.5. The molecular formula is C17H26ClNO3. The summed E-state index contributed by atoms with van der Waals surface area (Å²) in [6.45, 7) is 7.07. The summed E-state index contributed by atoms with van der Waals surface area (Å²) in [7, 11) is 0. The van der Waals surface area contributed by atoms with Crippen LogP contribution < -0.4 is 10.1 Å². The Kier molecular flexibility index (Phi) is 6.50. The van der Waals surface area contributed by atoms with Crippen LogP contribution in [0.4, 0.5) is 0 Å². The van der Waals surface area contributed by atoms with E-state index < -0.39 is 0 Å². The molecule has 124 valence electrons. The van der Waals surface area contributed by atoms with Gasteiger partial charge in [-0.15, -0.1) is 0 Å². The van der Waals surface area contributed by atoms with Crippen LogP contribution in [0.25, 0.3) is 0 Å². The monoisotopic (exact) mass is 327 g/mol. The first kappa shape index (κ1) is 17.5. The smallest absolute Gasteiger partial charge is 0.124 e. The maximum atomic E-state index is 9.77. The Morgan fingerprint density at radius 3 is 2.77 bits per heavy atom. The third-order valence-corrected chi connectivity index (χ3v) is 4.65. The van der Waals surface area contributed by atoms with E-state index in [1.165, 1.54) is 0 Å². The van der Waals surface area contributed by atoms with Crippen LogP contribution in [0.1, 0.15) is 38.3 Å². The van der Waals surface area contributed by atoms with Gasteiger partial charge in [-0.3, -0.25) is 0 Å². The average Bonchev–Trinajstić information content (AvgIpc) is 2.55. The minimum atomic E-state index is -0.0864. The van der Waals surface area contributed by atoms with Gasteiger partial charge in [0.2, 0.25) is 0 Å². The zero-order valence-corrected chi connectivity index (χ0v) is 14.2. The summed E-state index contributed by atoms with van der Waals surface area (Å²) in [6.07, 6.45) is 1.77. The summed E-state index contributed by atoms with van der Waals surface area (Å²) in [5.74, 6) is 0.858. The largest absolute Gasteiger partial charge is 0.494 e. The molecule has 4 nitrogen and oxygen atoms in total. The van der Waals surface area contributed by atoms with Crippen LogP contribution in [0.5, 0.6) is 5.75 Å². The van der Waals surface area contributed by atoms with Gasteiger partial charge >= 0.3 is 0 Å². The second kappa shape index (κ2) is 8.16. The summed E-state index contributed by atoms with van der Waals surface area (Å²) in [5, 5.41) is 14.0. The number of nitrogens with one attached hydrogen (secondary N) is 1. The fraction of sp³-hybridized carbons (Fsp3) is 0.647. The molecule has 0 aliphatic carbocycles. The number of rotatable bonds is 7. The first-order valence-electron chi connectivity index (χ1n) is 7.94. The maximum Gasteiger partial charge on any atom is 0.124 e. The lowest BCUT2D eigenvalue weighted by Gasteiger charge is -2.36. The Morgan fingerprint density at radius 1 is 1.41 bits per heavy atom. The van der Waals surface area contributed by atoms with E-state index in [1.807, 2.05) is 25.1 Å². The van der Waals surface area contributed by atoms with Gasteiger partial charge in [0.05, 0.1) is 13.2 Å². The molecule has 5 heteroatoms. The van der Waals surface area contributed by atoms with E-state index in [9.17, 15) is 5.11 Å². The number of hydrogen-bond acceptors (Lipinski definition) is 4. The van der Waals surface area contributed by atoms with Gasteiger partial charge in [0.1, 0.15) is 5.75 Å². The van der Waals surface area contributed by atoms with E-state index in [2.05, 4.69) is 12.2 Å². The van der Waals surface area contributed by atoms with Crippen molar-refractivity contribution >= 4 is 11.6 Å². The Labute approximate surface area is 137 Å². The highest BCUT2D eigenvalue weighted by Crippen LogP contribution is 2.32. The molecule has 1 aliphatic rings. The highest BCUT2D eigenvalue weighted by Gasteiger charge is 2.32. The molecule has 22 heavy (non-hydrogen) atoms. The van der Waals surface area contributed by atoms with Gasteiger partial charge in [-0.1, -0.05) is 11.6 Å². The molecule has 1 fully saturated rings. The molecular weight excluding hydrogens is 302 g/mol. The van der Waals surface area contributed by atoms with Crippen LogP contribution in [0.2, 0.25) is 5.02 Å². The Morgan fingerprint density at radius 2 is 2.14 bits per heavy atom. The van der Waals surface area contributed by atoms with Crippen LogP contribution in [0.15, 0.2) is 18.2 Å². The minimum Gasteiger partial charge on any atom is -0.494 e. The quantitative estimate of drug-likeness (QED) is 0.807. The zero-order chi connectivity index (χ0) is 16.0. The van der Waals surface area contributed by atoms with E-state index in [4.69, 9.17) is 21.1 Å². The second-order valence-electron chi connectivity index (χ2n) is 5.99. The van der Waals surface area contributed by atoms with Crippen molar-refractivity contribution in [1.29, 1.82) is 0 Å². The third kappa shape index (κ3) is 4.35. The number of benzene rings is 1. The summed E-state index contributed by atoms with van der Waals surface area (Å²) >= 11 is 6.12. The molecule has 0 aromatic heterocycles. The molecule has 0 bridgehead atoms. The van der Waals surface area contributed by atoms with Crippen molar-refractivity contribution in [1.82, 2.24) is 5.32 Å². The van der Waals surface area contributed by atoms with Crippen LogP contribution in [-0.4, -0.2) is 38.1 Å². The zero-order valence-electron chi connectivity index (χ0n) is 13.4. The maximum absolute atomic E-state index is 9.77. The van der Waals surface area contributed by atoms with Gasteiger partial charge in [0, 0.05) is 41.8 Å². The van der Waals surface area contributed by atoms with Gasteiger partial charge < -0.3 is 19.9 Å². The van der Waals surface area contributed by atoms with Crippen molar-refractivity contribution in [2.24, 2.45) is 5.41 Å². The van der Waals surface area contributed by atoms with E-state index in [1.54, 1.807) is 0 Å². The Bertz CT molecular complexity index is 475. The molecule has 1 aromatic rings. The molecule has 1 heterocycles. The van der Waals surface area contributed by atoms with Crippen molar-refractivity contribution in [2.45, 2.75) is 32.7 Å². The predicted molar refractivity (Wildman–Crippen MR) is 88.6 cm³/mol. The van der Waals surface area contributed by atoms with Crippen molar-refractivity contribution < 1.29 is 14.6 Å². The van der Waals surface area contributed by atoms with Crippen LogP contribution >= 0.6 is 11.6 Å². The molecule has 0 saturated carbocycles. The van der Waals surface area contributed by atoms with Gasteiger partial charge in [0.15, 0.2) is 0 Å². The van der Waals surface area contributed by atoms with E-state index in [-0.39, 0.29) is 18.1 Å². The summed E-state index contributed by atoms with van der Waals surface area (Å²) < 4.78 is 11.1. The van der Waals surface area contributed by atoms with Gasteiger partial charge in [-0.2, -0.15) is 0 Å². The number of halogens is 1. The molecule has 1 unspecified atom stereocenters. The molecule has 1 saturated heterocycles. The lowest BCUT2D eigenvalue weighted by Crippen LogP contribution is -2.42. The lowest BCUT2D eigenvalue weighted by atomic mass is 9.80. The average molecular weight is 328 g/mol. The molecule has 1 aliphatic heterocycles. The Balaban J connectivity index is 2.05. The van der Waals surface area contributed by atoms with Crippen LogP contribution in [0.3, 0.4) is 0 Å². The van der Waals surface area contributed by atoms with E-state index >= 15 is 0 Å². The third-order valence-electron chi connectivity index (χ3n) is 4.41. The number of hydrogen-bond donors (Lipinski definition) is 2. The fourth-order valence-corrected chi connectivity index (χ4v) is 3.00. The van der Waals surface area contributed by atoms with Crippen molar-refractivity contribution in [3.63, 3.8) is 0 Å². The minimum absolute atomic E-state index is 0.0864. The Hall–Kier alpha value is -0.810. The molecule has 1 atom stereocenters. The normalized spacial score (nSPS) is 18.9. The molecule has 2 N–H and O–H groups in total. The van der Waals surface area contributed by atoms with Gasteiger partial charge in [0.25, 0.3) is 0 Å². The first-order chi connectivity index (χ1) is 10.6. The standard InChI is InChI=1S/C17H26ClNO3/c1-3-22-16-5-4-14(18)10-15(16)13(2)19-11-17(12-20)6-8-21-9-7-17/h4-5,10,13,19-20H,3,6-9,11-12H2,1-2H3. The fourth-order valence-electron chi connectivity index (χ4n) is 2.82. The number of ether oxygens (including phenoxy) is 2. The SMILES string of the molecule is CCOc1ccc(Cl)cc1C(C)NCC1(CO)CCOCC1. The summed E-state index contributed by atoms with van der Waals surface area (Å²) in [4.78, 5) is 0. The summed E-state index contributed by atoms with van der Waals surface area (Å²) in [5.41, 5.74) is 0.964. The highest BCUT2D eigenvalue weighted by molar-refractivity contribution is 6.30. The van der Waals surface area contributed by atoms with Crippen molar-refractivity contribution in [3.8, 4) is 5.75 Å².